The van der Waals surface area contributed by atoms with Gasteiger partial charge in [0.1, 0.15) is 5.75 Å². The smallest absolute Gasteiger partial charge is 0.317 e. The fourth-order valence-corrected chi connectivity index (χ4v) is 2.77. The van der Waals surface area contributed by atoms with Crippen molar-refractivity contribution < 1.29 is 19.4 Å². The van der Waals surface area contributed by atoms with Gasteiger partial charge in [-0.15, -0.1) is 0 Å². The Morgan fingerprint density at radius 2 is 2.17 bits per heavy atom. The summed E-state index contributed by atoms with van der Waals surface area (Å²) in [4.78, 5) is 25.1. The van der Waals surface area contributed by atoms with Crippen molar-refractivity contribution >= 4 is 12.0 Å². The monoisotopic (exact) mass is 334 g/mol. The van der Waals surface area contributed by atoms with E-state index in [4.69, 9.17) is 4.74 Å². The molecule has 1 aromatic rings. The second-order valence-electron chi connectivity index (χ2n) is 6.63. The van der Waals surface area contributed by atoms with Crippen LogP contribution >= 0.6 is 0 Å². The molecule has 0 bridgehead atoms. The number of likely N-dealkylation sites (tertiary alicyclic amines) is 1. The van der Waals surface area contributed by atoms with Gasteiger partial charge in [-0.2, -0.15) is 0 Å². The first-order chi connectivity index (χ1) is 11.4. The third kappa shape index (κ3) is 4.19. The van der Waals surface area contributed by atoms with Crippen LogP contribution in [0, 0.1) is 12.3 Å². The number of benzene rings is 1. The first kappa shape index (κ1) is 18.1. The van der Waals surface area contributed by atoms with Crippen molar-refractivity contribution in [1.82, 2.24) is 10.2 Å². The van der Waals surface area contributed by atoms with Gasteiger partial charge in [-0.25, -0.2) is 4.79 Å². The Hall–Kier alpha value is -2.24. The largest absolute Gasteiger partial charge is 0.494 e. The predicted molar refractivity (Wildman–Crippen MR) is 91.1 cm³/mol. The lowest BCUT2D eigenvalue weighted by atomic mass is 9.90. The predicted octanol–water partition coefficient (Wildman–Crippen LogP) is 2.79. The molecule has 1 saturated heterocycles. The standard InChI is InChI=1S/C18H26N2O4/c1-4-9-24-15-6-5-14(13(2)10-15)11-19-17(23)20-8-7-18(3,12-20)16(21)22/h5-6,10H,4,7-9,11-12H2,1-3H3,(H,19,23)(H,21,22). The molecule has 6 nitrogen and oxygen atoms in total. The molecule has 1 atom stereocenters. The van der Waals surface area contributed by atoms with Gasteiger partial charge in [0.15, 0.2) is 0 Å². The van der Waals surface area contributed by atoms with E-state index in [1.165, 1.54) is 0 Å². The normalized spacial score (nSPS) is 20.0. The second-order valence-corrected chi connectivity index (χ2v) is 6.63. The number of urea groups is 1. The number of carboxylic acid groups (broad SMARTS) is 1. The topological polar surface area (TPSA) is 78.9 Å². The van der Waals surface area contributed by atoms with Crippen LogP contribution in [0.5, 0.6) is 5.75 Å². The summed E-state index contributed by atoms with van der Waals surface area (Å²) in [5.41, 5.74) is 1.24. The van der Waals surface area contributed by atoms with Gasteiger partial charge in [-0.05, 0) is 49.9 Å². The number of carboxylic acids is 1. The SMILES string of the molecule is CCCOc1ccc(CNC(=O)N2CCC(C)(C(=O)O)C2)c(C)c1. The Morgan fingerprint density at radius 3 is 2.75 bits per heavy atom. The molecular weight excluding hydrogens is 308 g/mol. The fourth-order valence-electron chi connectivity index (χ4n) is 2.77. The summed E-state index contributed by atoms with van der Waals surface area (Å²) < 4.78 is 5.59. The maximum Gasteiger partial charge on any atom is 0.317 e. The Balaban J connectivity index is 1.89. The van der Waals surface area contributed by atoms with Crippen LogP contribution in [0.15, 0.2) is 18.2 Å². The number of hydrogen-bond donors (Lipinski definition) is 2. The summed E-state index contributed by atoms with van der Waals surface area (Å²) in [6, 6.07) is 5.60. The molecule has 0 aliphatic carbocycles. The van der Waals surface area contributed by atoms with Crippen LogP contribution in [-0.2, 0) is 11.3 Å². The zero-order chi connectivity index (χ0) is 17.7. The van der Waals surface area contributed by atoms with E-state index in [0.717, 1.165) is 23.3 Å². The highest BCUT2D eigenvalue weighted by atomic mass is 16.5. The summed E-state index contributed by atoms with van der Waals surface area (Å²) >= 11 is 0. The van der Waals surface area contributed by atoms with Gasteiger partial charge in [-0.3, -0.25) is 4.79 Å². The van der Waals surface area contributed by atoms with Gasteiger partial charge in [-0.1, -0.05) is 13.0 Å². The highest BCUT2D eigenvalue weighted by Gasteiger charge is 2.42. The minimum Gasteiger partial charge on any atom is -0.494 e. The molecule has 0 saturated carbocycles. The molecule has 1 unspecified atom stereocenters. The maximum atomic E-state index is 12.2. The van der Waals surface area contributed by atoms with Gasteiger partial charge in [0, 0.05) is 19.6 Å². The summed E-state index contributed by atoms with van der Waals surface area (Å²) in [7, 11) is 0. The zero-order valence-corrected chi connectivity index (χ0v) is 14.6. The minimum atomic E-state index is -0.851. The number of aryl methyl sites for hydroxylation is 1. The van der Waals surface area contributed by atoms with E-state index in [0.29, 0.717) is 26.1 Å². The molecule has 2 N–H and O–H groups in total. The second kappa shape index (κ2) is 7.55. The fraction of sp³-hybridized carbons (Fsp3) is 0.556. The maximum absolute atomic E-state index is 12.2. The lowest BCUT2D eigenvalue weighted by molar-refractivity contribution is -0.147. The van der Waals surface area contributed by atoms with Gasteiger partial charge in [0.25, 0.3) is 0 Å². The summed E-state index contributed by atoms with van der Waals surface area (Å²) in [5, 5.41) is 12.1. The van der Waals surface area contributed by atoms with Crippen LogP contribution < -0.4 is 10.1 Å². The molecule has 24 heavy (non-hydrogen) atoms. The van der Waals surface area contributed by atoms with E-state index in [-0.39, 0.29) is 12.6 Å². The van der Waals surface area contributed by atoms with Gasteiger partial charge in [0.2, 0.25) is 0 Å². The Labute approximate surface area is 142 Å². The number of carbonyl (C=O) groups excluding carboxylic acids is 1. The molecular formula is C18H26N2O4. The first-order valence-corrected chi connectivity index (χ1v) is 8.34. The van der Waals surface area contributed by atoms with Gasteiger partial charge in [0.05, 0.1) is 12.0 Å². The van der Waals surface area contributed by atoms with E-state index in [9.17, 15) is 14.7 Å². The first-order valence-electron chi connectivity index (χ1n) is 8.34. The lowest BCUT2D eigenvalue weighted by Gasteiger charge is -2.21. The van der Waals surface area contributed by atoms with Gasteiger partial charge < -0.3 is 20.1 Å². The molecule has 1 aromatic carbocycles. The lowest BCUT2D eigenvalue weighted by Crippen LogP contribution is -2.40. The Morgan fingerprint density at radius 1 is 1.42 bits per heavy atom. The van der Waals surface area contributed by atoms with Gasteiger partial charge >= 0.3 is 12.0 Å². The highest BCUT2D eigenvalue weighted by Crippen LogP contribution is 2.30. The number of nitrogens with one attached hydrogen (secondary N) is 1. The third-order valence-corrected chi connectivity index (χ3v) is 4.49. The Kier molecular flexibility index (Phi) is 5.70. The molecule has 1 fully saturated rings. The van der Waals surface area contributed by atoms with E-state index in [2.05, 4.69) is 12.2 Å². The number of ether oxygens (including phenoxy) is 1. The minimum absolute atomic E-state index is 0.217. The van der Waals surface area contributed by atoms with E-state index >= 15 is 0 Å². The molecule has 0 aromatic heterocycles. The number of rotatable bonds is 6. The number of aliphatic carboxylic acids is 1. The van der Waals surface area contributed by atoms with Crippen molar-refractivity contribution in [3.63, 3.8) is 0 Å². The number of amides is 2. The number of carbonyl (C=O) groups is 2. The van der Waals surface area contributed by atoms with Crippen LogP contribution in [0.25, 0.3) is 0 Å². The molecule has 0 spiro atoms. The molecule has 0 radical (unpaired) electrons. The summed E-state index contributed by atoms with van der Waals surface area (Å²) in [6.45, 7) is 7.55. The Bertz CT molecular complexity index is 617. The molecule has 1 heterocycles. The summed E-state index contributed by atoms with van der Waals surface area (Å²) in [5.74, 6) is -0.0162. The van der Waals surface area contributed by atoms with Crippen molar-refractivity contribution in [2.45, 2.75) is 40.2 Å². The zero-order valence-electron chi connectivity index (χ0n) is 14.6. The van der Waals surface area contributed by atoms with Crippen LogP contribution in [0.4, 0.5) is 4.79 Å². The molecule has 2 rings (SSSR count). The number of hydrogen-bond acceptors (Lipinski definition) is 3. The quantitative estimate of drug-likeness (QED) is 0.838. The molecule has 1 aliphatic heterocycles. The number of nitrogens with zero attached hydrogens (tertiary/aromatic N) is 1. The molecule has 1 aliphatic rings. The molecule has 6 heteroatoms. The van der Waals surface area contributed by atoms with Crippen molar-refractivity contribution in [1.29, 1.82) is 0 Å². The average molecular weight is 334 g/mol. The third-order valence-electron chi connectivity index (χ3n) is 4.49. The van der Waals surface area contributed by atoms with Crippen LogP contribution in [0.1, 0.15) is 37.8 Å². The van der Waals surface area contributed by atoms with Crippen molar-refractivity contribution in [3.05, 3.63) is 29.3 Å². The van der Waals surface area contributed by atoms with E-state index in [1.807, 2.05) is 25.1 Å². The van der Waals surface area contributed by atoms with Crippen LogP contribution in [0.3, 0.4) is 0 Å². The highest BCUT2D eigenvalue weighted by molar-refractivity contribution is 5.79. The van der Waals surface area contributed by atoms with Crippen molar-refractivity contribution in [3.8, 4) is 5.75 Å². The van der Waals surface area contributed by atoms with Crippen LogP contribution in [0.2, 0.25) is 0 Å². The van der Waals surface area contributed by atoms with Crippen molar-refractivity contribution in [2.75, 3.05) is 19.7 Å². The van der Waals surface area contributed by atoms with Crippen LogP contribution in [-0.4, -0.2) is 41.7 Å². The summed E-state index contributed by atoms with van der Waals surface area (Å²) in [6.07, 6.45) is 1.44. The van der Waals surface area contributed by atoms with E-state index in [1.54, 1.807) is 11.8 Å². The van der Waals surface area contributed by atoms with Crippen molar-refractivity contribution in [2.24, 2.45) is 5.41 Å². The van der Waals surface area contributed by atoms with E-state index < -0.39 is 11.4 Å². The molecule has 2 amide bonds. The molecule has 132 valence electrons. The average Bonchev–Trinajstić information content (AvgIpc) is 2.96.